The van der Waals surface area contributed by atoms with Crippen LogP contribution in [0.5, 0.6) is 0 Å². The molecule has 1 aliphatic carbocycles. The predicted molar refractivity (Wildman–Crippen MR) is 96.7 cm³/mol. The number of halogens is 1. The van der Waals surface area contributed by atoms with E-state index in [0.29, 0.717) is 17.9 Å². The van der Waals surface area contributed by atoms with E-state index in [1.165, 1.54) is 32.4 Å². The molecular formula is C19H18IN. The van der Waals surface area contributed by atoms with E-state index in [9.17, 15) is 0 Å². The van der Waals surface area contributed by atoms with Crippen LogP contribution < -0.4 is 5.32 Å². The van der Waals surface area contributed by atoms with Crippen LogP contribution in [0, 0.1) is 16.4 Å². The molecule has 1 aliphatic heterocycles. The third-order valence-corrected chi connectivity index (χ3v) is 5.41. The third kappa shape index (κ3) is 2.20. The Bertz CT molecular complexity index is 705. The molecule has 2 aliphatic rings. The summed E-state index contributed by atoms with van der Waals surface area (Å²) in [7, 11) is 0. The molecular weight excluding hydrogens is 369 g/mol. The van der Waals surface area contributed by atoms with Gasteiger partial charge in [0.1, 0.15) is 0 Å². The zero-order chi connectivity index (χ0) is 14.4. The molecule has 21 heavy (non-hydrogen) atoms. The summed E-state index contributed by atoms with van der Waals surface area (Å²) in [5.74, 6) is 1.19. The van der Waals surface area contributed by atoms with Gasteiger partial charge in [-0.05, 0) is 70.7 Å². The number of allylic oxidation sites excluding steroid dienone is 2. The van der Waals surface area contributed by atoms with Gasteiger partial charge in [0.05, 0.1) is 6.04 Å². The van der Waals surface area contributed by atoms with Gasteiger partial charge in [-0.25, -0.2) is 0 Å². The number of fused-ring (bicyclic) bond motifs is 3. The van der Waals surface area contributed by atoms with Crippen molar-refractivity contribution in [2.24, 2.45) is 5.92 Å². The normalized spacial score (nSPS) is 26.1. The average Bonchev–Trinajstić information content (AvgIpc) is 2.97. The zero-order valence-electron chi connectivity index (χ0n) is 12.0. The van der Waals surface area contributed by atoms with Gasteiger partial charge >= 0.3 is 0 Å². The SMILES string of the molecule is Cc1cc(I)cc2c1N[C@H](c1ccccc1)[C@H]1CC=C[C@H]21. The highest BCUT2D eigenvalue weighted by Crippen LogP contribution is 2.50. The van der Waals surface area contributed by atoms with Gasteiger partial charge in [-0.1, -0.05) is 42.5 Å². The molecule has 1 nitrogen and oxygen atoms in total. The summed E-state index contributed by atoms with van der Waals surface area (Å²) in [4.78, 5) is 0. The number of hydrogen-bond acceptors (Lipinski definition) is 1. The molecule has 1 N–H and O–H groups in total. The van der Waals surface area contributed by atoms with Crippen molar-refractivity contribution in [1.82, 2.24) is 0 Å². The van der Waals surface area contributed by atoms with Crippen molar-refractivity contribution in [2.45, 2.75) is 25.3 Å². The van der Waals surface area contributed by atoms with Crippen molar-refractivity contribution in [3.05, 3.63) is 74.9 Å². The molecule has 0 aromatic heterocycles. The predicted octanol–water partition coefficient (Wildman–Crippen LogP) is 5.43. The molecule has 0 radical (unpaired) electrons. The monoisotopic (exact) mass is 387 g/mol. The summed E-state index contributed by atoms with van der Waals surface area (Å²) in [5, 5.41) is 3.84. The zero-order valence-corrected chi connectivity index (χ0v) is 14.2. The lowest BCUT2D eigenvalue weighted by atomic mass is 9.76. The van der Waals surface area contributed by atoms with Gasteiger partial charge in [-0.3, -0.25) is 0 Å². The van der Waals surface area contributed by atoms with E-state index in [1.807, 2.05) is 0 Å². The topological polar surface area (TPSA) is 12.0 Å². The van der Waals surface area contributed by atoms with Crippen LogP contribution in [0.1, 0.15) is 35.1 Å². The van der Waals surface area contributed by atoms with Crippen LogP contribution in [0.15, 0.2) is 54.6 Å². The number of benzene rings is 2. The second kappa shape index (κ2) is 5.16. The number of nitrogens with one attached hydrogen (secondary N) is 1. The summed E-state index contributed by atoms with van der Waals surface area (Å²) in [5.41, 5.74) is 5.58. The van der Waals surface area contributed by atoms with Crippen molar-refractivity contribution in [2.75, 3.05) is 5.32 Å². The Labute approximate surface area is 139 Å². The Kier molecular flexibility index (Phi) is 3.29. The van der Waals surface area contributed by atoms with Crippen LogP contribution in [-0.2, 0) is 0 Å². The maximum atomic E-state index is 3.84. The quantitative estimate of drug-likeness (QED) is 0.509. The number of rotatable bonds is 1. The first-order valence-electron chi connectivity index (χ1n) is 7.52. The third-order valence-electron chi connectivity index (χ3n) is 4.79. The highest BCUT2D eigenvalue weighted by atomic mass is 127. The van der Waals surface area contributed by atoms with E-state index in [-0.39, 0.29) is 0 Å². The van der Waals surface area contributed by atoms with Crippen LogP contribution >= 0.6 is 22.6 Å². The maximum absolute atomic E-state index is 3.84. The largest absolute Gasteiger partial charge is 0.377 e. The molecule has 0 saturated heterocycles. The Morgan fingerprint density at radius 3 is 2.76 bits per heavy atom. The Balaban J connectivity index is 1.84. The molecule has 3 atom stereocenters. The molecule has 2 aromatic rings. The second-order valence-electron chi connectivity index (χ2n) is 6.07. The fourth-order valence-corrected chi connectivity index (χ4v) is 4.63. The fraction of sp³-hybridized carbons (Fsp3) is 0.263. The van der Waals surface area contributed by atoms with Crippen LogP contribution in [-0.4, -0.2) is 0 Å². The molecule has 2 heteroatoms. The van der Waals surface area contributed by atoms with Crippen LogP contribution in [0.25, 0.3) is 0 Å². The summed E-state index contributed by atoms with van der Waals surface area (Å²) in [6.07, 6.45) is 5.94. The molecule has 2 aromatic carbocycles. The van der Waals surface area contributed by atoms with E-state index in [4.69, 9.17) is 0 Å². The number of anilines is 1. The lowest BCUT2D eigenvalue weighted by Crippen LogP contribution is -2.29. The summed E-state index contributed by atoms with van der Waals surface area (Å²) < 4.78 is 1.34. The van der Waals surface area contributed by atoms with Gasteiger partial charge in [0.25, 0.3) is 0 Å². The van der Waals surface area contributed by atoms with Crippen molar-refractivity contribution in [3.8, 4) is 0 Å². The van der Waals surface area contributed by atoms with Gasteiger partial charge in [0.2, 0.25) is 0 Å². The smallest absolute Gasteiger partial charge is 0.0554 e. The highest BCUT2D eigenvalue weighted by Gasteiger charge is 2.38. The molecule has 1 heterocycles. The van der Waals surface area contributed by atoms with Gasteiger partial charge in [-0.2, -0.15) is 0 Å². The minimum Gasteiger partial charge on any atom is -0.377 e. The highest BCUT2D eigenvalue weighted by molar-refractivity contribution is 14.1. The van der Waals surface area contributed by atoms with Crippen molar-refractivity contribution >= 4 is 28.3 Å². The lowest BCUT2D eigenvalue weighted by molar-refractivity contribution is 0.425. The number of hydrogen-bond donors (Lipinski definition) is 1. The molecule has 0 spiro atoms. The average molecular weight is 387 g/mol. The van der Waals surface area contributed by atoms with Crippen LogP contribution in [0.4, 0.5) is 5.69 Å². The van der Waals surface area contributed by atoms with E-state index < -0.39 is 0 Å². The van der Waals surface area contributed by atoms with Crippen molar-refractivity contribution < 1.29 is 0 Å². The van der Waals surface area contributed by atoms with E-state index in [1.54, 1.807) is 0 Å². The maximum Gasteiger partial charge on any atom is 0.0554 e. The van der Waals surface area contributed by atoms with Gasteiger partial charge in [0.15, 0.2) is 0 Å². The second-order valence-corrected chi connectivity index (χ2v) is 7.32. The Hall–Kier alpha value is -1.29. The minimum atomic E-state index is 0.414. The summed E-state index contributed by atoms with van der Waals surface area (Å²) >= 11 is 2.43. The Morgan fingerprint density at radius 1 is 1.14 bits per heavy atom. The van der Waals surface area contributed by atoms with Gasteiger partial charge in [-0.15, -0.1) is 0 Å². The molecule has 0 amide bonds. The first kappa shape index (κ1) is 13.4. The van der Waals surface area contributed by atoms with Gasteiger partial charge in [0, 0.05) is 15.2 Å². The number of aryl methyl sites for hydroxylation is 1. The first-order chi connectivity index (χ1) is 10.2. The fourth-order valence-electron chi connectivity index (χ4n) is 3.83. The van der Waals surface area contributed by atoms with Gasteiger partial charge < -0.3 is 5.32 Å². The minimum absolute atomic E-state index is 0.414. The van der Waals surface area contributed by atoms with E-state index in [2.05, 4.69) is 89.4 Å². The van der Waals surface area contributed by atoms with E-state index in [0.717, 1.165) is 0 Å². The standard InChI is InChI=1S/C19H18IN/c1-12-10-14(20)11-17-15-8-5-9-16(15)19(21-18(12)17)13-6-3-2-4-7-13/h2-8,10-11,15-16,19,21H,9H2,1H3/t15-,16-,19+/m0/s1. The molecule has 0 unspecified atom stereocenters. The van der Waals surface area contributed by atoms with Crippen molar-refractivity contribution in [3.63, 3.8) is 0 Å². The molecule has 4 rings (SSSR count). The molecule has 0 saturated carbocycles. The van der Waals surface area contributed by atoms with Crippen LogP contribution in [0.2, 0.25) is 0 Å². The van der Waals surface area contributed by atoms with E-state index >= 15 is 0 Å². The molecule has 106 valence electrons. The van der Waals surface area contributed by atoms with Crippen LogP contribution in [0.3, 0.4) is 0 Å². The van der Waals surface area contributed by atoms with Crippen molar-refractivity contribution in [1.29, 1.82) is 0 Å². The lowest BCUT2D eigenvalue weighted by Gasteiger charge is -2.38. The molecule has 0 fully saturated rings. The summed E-state index contributed by atoms with van der Waals surface area (Å²) in [6.45, 7) is 2.22. The summed E-state index contributed by atoms with van der Waals surface area (Å²) in [6, 6.07) is 15.9. The first-order valence-corrected chi connectivity index (χ1v) is 8.60. The molecule has 0 bridgehead atoms. The Morgan fingerprint density at radius 2 is 1.95 bits per heavy atom.